The molecular formula is C16H25ClN2O. The summed E-state index contributed by atoms with van der Waals surface area (Å²) in [6.45, 7) is 6.32. The smallest absolute Gasteiger partial charge is 0.0928 e. The topological polar surface area (TPSA) is 35.5 Å². The molecule has 0 aromatic heterocycles. The number of nitrogens with zero attached hydrogens (tertiary/aromatic N) is 1. The maximum atomic E-state index is 10.2. The summed E-state index contributed by atoms with van der Waals surface area (Å²) in [6.07, 6.45) is 3.02. The number of likely N-dealkylation sites (tertiary alicyclic amines) is 1. The highest BCUT2D eigenvalue weighted by Crippen LogP contribution is 2.22. The molecular weight excluding hydrogens is 272 g/mol. The van der Waals surface area contributed by atoms with Gasteiger partial charge in [-0.1, -0.05) is 36.7 Å². The third kappa shape index (κ3) is 4.45. The second-order valence-electron chi connectivity index (χ2n) is 5.56. The van der Waals surface area contributed by atoms with E-state index < -0.39 is 6.10 Å². The molecule has 1 aromatic carbocycles. The molecule has 0 amide bonds. The number of hydrogen-bond acceptors (Lipinski definition) is 3. The molecule has 0 radical (unpaired) electrons. The molecule has 20 heavy (non-hydrogen) atoms. The van der Waals surface area contributed by atoms with Crippen molar-refractivity contribution in [3.63, 3.8) is 0 Å². The minimum Gasteiger partial charge on any atom is -0.387 e. The highest BCUT2D eigenvalue weighted by molar-refractivity contribution is 6.31. The fourth-order valence-electron chi connectivity index (χ4n) is 2.81. The highest BCUT2D eigenvalue weighted by atomic mass is 35.5. The normalized spacial score (nSPS) is 19.1. The number of hydrogen-bond donors (Lipinski definition) is 2. The molecule has 0 bridgehead atoms. The molecule has 2 rings (SSSR count). The first-order valence-corrected chi connectivity index (χ1v) is 7.96. The SMILES string of the molecule is CCCN1CCC(NCC(O)c2ccccc2Cl)CC1. The summed E-state index contributed by atoms with van der Waals surface area (Å²) in [5.41, 5.74) is 0.810. The first kappa shape index (κ1) is 15.8. The number of piperidine rings is 1. The average molecular weight is 297 g/mol. The van der Waals surface area contributed by atoms with Gasteiger partial charge in [0.1, 0.15) is 0 Å². The Morgan fingerprint density at radius 1 is 1.35 bits per heavy atom. The maximum absolute atomic E-state index is 10.2. The quantitative estimate of drug-likeness (QED) is 0.847. The molecule has 0 spiro atoms. The Hall–Kier alpha value is -0.610. The average Bonchev–Trinajstić information content (AvgIpc) is 2.47. The Morgan fingerprint density at radius 2 is 2.05 bits per heavy atom. The molecule has 1 saturated heterocycles. The van der Waals surface area contributed by atoms with Crippen molar-refractivity contribution in [1.82, 2.24) is 10.2 Å². The summed E-state index contributed by atoms with van der Waals surface area (Å²) in [6, 6.07) is 8.02. The van der Waals surface area contributed by atoms with Crippen LogP contribution >= 0.6 is 11.6 Å². The van der Waals surface area contributed by atoms with Gasteiger partial charge in [-0.05, 0) is 45.0 Å². The highest BCUT2D eigenvalue weighted by Gasteiger charge is 2.19. The van der Waals surface area contributed by atoms with E-state index in [1.54, 1.807) is 0 Å². The van der Waals surface area contributed by atoms with Crippen LogP contribution in [0, 0.1) is 0 Å². The monoisotopic (exact) mass is 296 g/mol. The van der Waals surface area contributed by atoms with Crippen LogP contribution in [0.5, 0.6) is 0 Å². The number of aliphatic hydroxyl groups is 1. The summed E-state index contributed by atoms with van der Waals surface area (Å²) in [5.74, 6) is 0. The Bertz CT molecular complexity index is 405. The fraction of sp³-hybridized carbons (Fsp3) is 0.625. The van der Waals surface area contributed by atoms with E-state index in [4.69, 9.17) is 11.6 Å². The number of aliphatic hydroxyl groups excluding tert-OH is 1. The molecule has 1 unspecified atom stereocenters. The van der Waals surface area contributed by atoms with Crippen LogP contribution in [-0.4, -0.2) is 42.2 Å². The van der Waals surface area contributed by atoms with Crippen LogP contribution in [0.2, 0.25) is 5.02 Å². The number of rotatable bonds is 6. The second-order valence-corrected chi connectivity index (χ2v) is 5.97. The second kappa shape index (κ2) is 7.99. The molecule has 1 heterocycles. The van der Waals surface area contributed by atoms with Crippen LogP contribution in [0.25, 0.3) is 0 Å². The van der Waals surface area contributed by atoms with Gasteiger partial charge in [0.2, 0.25) is 0 Å². The van der Waals surface area contributed by atoms with Crippen molar-refractivity contribution in [3.8, 4) is 0 Å². The van der Waals surface area contributed by atoms with E-state index in [2.05, 4.69) is 17.1 Å². The van der Waals surface area contributed by atoms with E-state index >= 15 is 0 Å². The van der Waals surface area contributed by atoms with E-state index in [0.717, 1.165) is 31.5 Å². The third-order valence-electron chi connectivity index (χ3n) is 3.99. The zero-order valence-corrected chi connectivity index (χ0v) is 12.9. The number of nitrogens with one attached hydrogen (secondary N) is 1. The molecule has 1 atom stereocenters. The summed E-state index contributed by atoms with van der Waals surface area (Å²) in [7, 11) is 0. The van der Waals surface area contributed by atoms with Gasteiger partial charge >= 0.3 is 0 Å². The van der Waals surface area contributed by atoms with Gasteiger partial charge in [-0.2, -0.15) is 0 Å². The number of benzene rings is 1. The van der Waals surface area contributed by atoms with Gasteiger partial charge in [-0.25, -0.2) is 0 Å². The summed E-state index contributed by atoms with van der Waals surface area (Å²) in [4.78, 5) is 2.52. The van der Waals surface area contributed by atoms with Crippen molar-refractivity contribution in [2.24, 2.45) is 0 Å². The minimum absolute atomic E-state index is 0.514. The first-order chi connectivity index (χ1) is 9.70. The molecule has 1 fully saturated rings. The lowest BCUT2D eigenvalue weighted by molar-refractivity contribution is 0.151. The third-order valence-corrected chi connectivity index (χ3v) is 4.34. The molecule has 1 aliphatic rings. The molecule has 1 aliphatic heterocycles. The zero-order chi connectivity index (χ0) is 14.4. The van der Waals surface area contributed by atoms with Crippen molar-refractivity contribution in [3.05, 3.63) is 34.9 Å². The van der Waals surface area contributed by atoms with Gasteiger partial charge < -0.3 is 15.3 Å². The molecule has 112 valence electrons. The first-order valence-electron chi connectivity index (χ1n) is 7.59. The largest absolute Gasteiger partial charge is 0.387 e. The van der Waals surface area contributed by atoms with E-state index in [1.165, 1.54) is 13.0 Å². The summed E-state index contributed by atoms with van der Waals surface area (Å²) < 4.78 is 0. The lowest BCUT2D eigenvalue weighted by Gasteiger charge is -2.32. The molecule has 0 saturated carbocycles. The molecule has 3 nitrogen and oxygen atoms in total. The standard InChI is InChI=1S/C16H25ClN2O/c1-2-9-19-10-7-13(8-11-19)18-12-16(20)14-5-3-4-6-15(14)17/h3-6,13,16,18,20H,2,7-12H2,1H3. The predicted molar refractivity (Wildman–Crippen MR) is 84.2 cm³/mol. The minimum atomic E-state index is -0.530. The van der Waals surface area contributed by atoms with E-state index in [1.807, 2.05) is 24.3 Å². The van der Waals surface area contributed by atoms with E-state index in [9.17, 15) is 5.11 Å². The van der Waals surface area contributed by atoms with Crippen LogP contribution < -0.4 is 5.32 Å². The maximum Gasteiger partial charge on any atom is 0.0928 e. The lowest BCUT2D eigenvalue weighted by atomic mass is 10.0. The van der Waals surface area contributed by atoms with Crippen LogP contribution in [0.4, 0.5) is 0 Å². The summed E-state index contributed by atoms with van der Waals surface area (Å²) in [5, 5.41) is 14.3. The Morgan fingerprint density at radius 3 is 2.70 bits per heavy atom. The zero-order valence-electron chi connectivity index (χ0n) is 12.2. The van der Waals surface area contributed by atoms with Crippen molar-refractivity contribution < 1.29 is 5.11 Å². The van der Waals surface area contributed by atoms with Gasteiger partial charge in [-0.15, -0.1) is 0 Å². The van der Waals surface area contributed by atoms with Crippen molar-refractivity contribution in [2.75, 3.05) is 26.2 Å². The Kier molecular flexibility index (Phi) is 6.30. The van der Waals surface area contributed by atoms with Crippen LogP contribution in [0.1, 0.15) is 37.9 Å². The van der Waals surface area contributed by atoms with Gasteiger partial charge in [0.05, 0.1) is 6.10 Å². The van der Waals surface area contributed by atoms with Crippen molar-refractivity contribution in [2.45, 2.75) is 38.3 Å². The lowest BCUT2D eigenvalue weighted by Crippen LogP contribution is -2.43. The molecule has 4 heteroatoms. The van der Waals surface area contributed by atoms with E-state index in [-0.39, 0.29) is 0 Å². The molecule has 1 aromatic rings. The molecule has 0 aliphatic carbocycles. The van der Waals surface area contributed by atoms with Crippen LogP contribution in [0.3, 0.4) is 0 Å². The van der Waals surface area contributed by atoms with Gasteiger partial charge in [0.15, 0.2) is 0 Å². The van der Waals surface area contributed by atoms with Crippen LogP contribution in [0.15, 0.2) is 24.3 Å². The van der Waals surface area contributed by atoms with Gasteiger partial charge in [-0.3, -0.25) is 0 Å². The summed E-state index contributed by atoms with van der Waals surface area (Å²) >= 11 is 6.10. The Labute approximate surface area is 126 Å². The molecule has 2 N–H and O–H groups in total. The van der Waals surface area contributed by atoms with Crippen molar-refractivity contribution in [1.29, 1.82) is 0 Å². The Balaban J connectivity index is 1.75. The van der Waals surface area contributed by atoms with Crippen LogP contribution in [-0.2, 0) is 0 Å². The number of halogens is 1. The van der Waals surface area contributed by atoms with Crippen molar-refractivity contribution >= 4 is 11.6 Å². The van der Waals surface area contributed by atoms with Gasteiger partial charge in [0, 0.05) is 23.2 Å². The fourth-order valence-corrected chi connectivity index (χ4v) is 3.07. The van der Waals surface area contributed by atoms with E-state index in [0.29, 0.717) is 17.6 Å². The predicted octanol–water partition coefficient (Wildman–Crippen LogP) is 2.84. The van der Waals surface area contributed by atoms with Gasteiger partial charge in [0.25, 0.3) is 0 Å².